The molecule has 1 aromatic rings. The minimum absolute atomic E-state index is 0.727. The van der Waals surface area contributed by atoms with Crippen LogP contribution in [0.3, 0.4) is 0 Å². The van der Waals surface area contributed by atoms with E-state index in [0.717, 1.165) is 48.2 Å². The van der Waals surface area contributed by atoms with Crippen LogP contribution >= 0.6 is 11.8 Å². The molecule has 1 aromatic carbocycles. The van der Waals surface area contributed by atoms with Crippen molar-refractivity contribution in [2.45, 2.75) is 19.9 Å². The first-order chi connectivity index (χ1) is 12.1. The van der Waals surface area contributed by atoms with Crippen LogP contribution in [0.5, 0.6) is 0 Å². The summed E-state index contributed by atoms with van der Waals surface area (Å²) in [4.78, 5) is 1.25. The molecule has 3 rings (SSSR count). The molecule has 130 valence electrons. The Balaban J connectivity index is 1.59. The summed E-state index contributed by atoms with van der Waals surface area (Å²) in [5.74, 6) is 1.87. The molecule has 2 N–H and O–H groups in total. The van der Waals surface area contributed by atoms with Crippen molar-refractivity contribution in [3.8, 4) is 0 Å². The van der Waals surface area contributed by atoms with Gasteiger partial charge in [-0.1, -0.05) is 49.6 Å². The lowest BCUT2D eigenvalue weighted by molar-refractivity contribution is 0.425. The van der Waals surface area contributed by atoms with Crippen molar-refractivity contribution in [2.75, 3.05) is 12.3 Å². The Bertz CT molecular complexity index is 746. The average molecular weight is 353 g/mol. The molecular weight excluding hydrogens is 328 g/mol. The van der Waals surface area contributed by atoms with Gasteiger partial charge >= 0.3 is 0 Å². The standard InChI is InChI=1S/C20H24N4S/c1-15-12-19(14-21-13-18-8-5-4-6-9-18)22-17(3)24(15)23-16(2)20-10-7-11-25-20/h4-6,8-10,12,21-22H,1,3,7,11,13-14H2,2H3/b23-16+. The molecule has 0 bridgehead atoms. The van der Waals surface area contributed by atoms with E-state index < -0.39 is 0 Å². The maximum absolute atomic E-state index is 4.68. The summed E-state index contributed by atoms with van der Waals surface area (Å²) in [7, 11) is 0. The number of hydrazone groups is 1. The Kier molecular flexibility index (Phi) is 5.79. The fourth-order valence-electron chi connectivity index (χ4n) is 2.74. The van der Waals surface area contributed by atoms with Gasteiger partial charge in [0.2, 0.25) is 0 Å². The second kappa shape index (κ2) is 8.23. The van der Waals surface area contributed by atoms with E-state index in [-0.39, 0.29) is 0 Å². The lowest BCUT2D eigenvalue weighted by Crippen LogP contribution is -2.35. The summed E-state index contributed by atoms with van der Waals surface area (Å²) in [5, 5.41) is 13.2. The van der Waals surface area contributed by atoms with Gasteiger partial charge in [-0.15, -0.1) is 11.8 Å². The molecule has 0 saturated carbocycles. The lowest BCUT2D eigenvalue weighted by Gasteiger charge is -2.29. The Labute approximate surface area is 154 Å². The summed E-state index contributed by atoms with van der Waals surface area (Å²) < 4.78 is 0. The van der Waals surface area contributed by atoms with Crippen molar-refractivity contribution >= 4 is 17.5 Å². The van der Waals surface area contributed by atoms with E-state index in [1.54, 1.807) is 5.01 Å². The number of thioether (sulfide) groups is 1. The molecule has 0 unspecified atom stereocenters. The number of hydrogen-bond donors (Lipinski definition) is 2. The third-order valence-corrected chi connectivity index (χ3v) is 5.19. The van der Waals surface area contributed by atoms with Crippen LogP contribution < -0.4 is 10.6 Å². The fraction of sp³-hybridized carbons (Fsp3) is 0.250. The van der Waals surface area contributed by atoms with Crippen molar-refractivity contribution < 1.29 is 0 Å². The van der Waals surface area contributed by atoms with Crippen molar-refractivity contribution in [2.24, 2.45) is 5.10 Å². The van der Waals surface area contributed by atoms with Gasteiger partial charge in [-0.05, 0) is 25.0 Å². The van der Waals surface area contributed by atoms with Gasteiger partial charge in [0.05, 0.1) is 11.4 Å². The third-order valence-electron chi connectivity index (χ3n) is 3.97. The van der Waals surface area contributed by atoms with Gasteiger partial charge in [-0.2, -0.15) is 5.10 Å². The number of hydrogen-bond acceptors (Lipinski definition) is 5. The first-order valence-electron chi connectivity index (χ1n) is 8.42. The van der Waals surface area contributed by atoms with Gasteiger partial charge in [-0.25, -0.2) is 5.01 Å². The van der Waals surface area contributed by atoms with Crippen LogP contribution in [0.15, 0.2) is 82.9 Å². The van der Waals surface area contributed by atoms with Crippen LogP contribution in [0, 0.1) is 0 Å². The van der Waals surface area contributed by atoms with E-state index in [4.69, 9.17) is 0 Å². The molecule has 0 amide bonds. The summed E-state index contributed by atoms with van der Waals surface area (Å²) >= 11 is 1.85. The maximum atomic E-state index is 4.68. The van der Waals surface area contributed by atoms with Gasteiger partial charge in [-0.3, -0.25) is 0 Å². The SMILES string of the molecule is C=C1C=C(CNCc2ccccc2)NC(=C)N1/N=C(\C)C1=CCCS1. The summed E-state index contributed by atoms with van der Waals surface area (Å²) in [6.45, 7) is 11.8. The van der Waals surface area contributed by atoms with E-state index >= 15 is 0 Å². The van der Waals surface area contributed by atoms with Crippen LogP contribution in [0.4, 0.5) is 0 Å². The zero-order valence-corrected chi connectivity index (χ0v) is 15.4. The first kappa shape index (κ1) is 17.6. The summed E-state index contributed by atoms with van der Waals surface area (Å²) in [6, 6.07) is 10.4. The molecule has 2 aliphatic rings. The zero-order valence-electron chi connectivity index (χ0n) is 14.6. The van der Waals surface area contributed by atoms with Gasteiger partial charge < -0.3 is 10.6 Å². The maximum Gasteiger partial charge on any atom is 0.125 e. The average Bonchev–Trinajstić information content (AvgIpc) is 3.14. The van der Waals surface area contributed by atoms with Gasteiger partial charge in [0.1, 0.15) is 5.82 Å². The van der Waals surface area contributed by atoms with Crippen molar-refractivity contribution in [3.05, 3.63) is 83.3 Å². The quantitative estimate of drug-likeness (QED) is 0.761. The molecule has 0 fully saturated rings. The molecule has 25 heavy (non-hydrogen) atoms. The van der Waals surface area contributed by atoms with E-state index in [9.17, 15) is 0 Å². The third kappa shape index (κ3) is 4.65. The molecule has 0 aliphatic carbocycles. The molecule has 0 spiro atoms. The monoisotopic (exact) mass is 352 g/mol. The van der Waals surface area contributed by atoms with E-state index in [1.165, 1.54) is 10.5 Å². The van der Waals surface area contributed by atoms with E-state index in [0.29, 0.717) is 0 Å². The van der Waals surface area contributed by atoms with E-state index in [1.807, 2.05) is 30.8 Å². The number of rotatable bonds is 6. The molecular formula is C20H24N4S. The largest absolute Gasteiger partial charge is 0.343 e. The number of nitrogens with zero attached hydrogens (tertiary/aromatic N) is 2. The highest BCUT2D eigenvalue weighted by molar-refractivity contribution is 8.04. The number of allylic oxidation sites excluding steroid dienone is 3. The Hall–Kier alpha value is -2.24. The summed E-state index contributed by atoms with van der Waals surface area (Å²) in [5.41, 5.74) is 4.14. The normalized spacial score (nSPS) is 18.1. The second-order valence-electron chi connectivity index (χ2n) is 6.02. The number of nitrogens with one attached hydrogen (secondary N) is 2. The smallest absolute Gasteiger partial charge is 0.125 e. The summed E-state index contributed by atoms with van der Waals surface area (Å²) in [6.07, 6.45) is 5.37. The predicted molar refractivity (Wildman–Crippen MR) is 108 cm³/mol. The molecule has 4 nitrogen and oxygen atoms in total. The fourth-order valence-corrected chi connectivity index (χ4v) is 3.68. The van der Waals surface area contributed by atoms with Gasteiger partial charge in [0.25, 0.3) is 0 Å². The van der Waals surface area contributed by atoms with Crippen molar-refractivity contribution in [1.82, 2.24) is 15.6 Å². The van der Waals surface area contributed by atoms with Crippen LogP contribution in [0.2, 0.25) is 0 Å². The highest BCUT2D eigenvalue weighted by Gasteiger charge is 2.18. The zero-order chi connectivity index (χ0) is 17.6. The highest BCUT2D eigenvalue weighted by atomic mass is 32.2. The lowest BCUT2D eigenvalue weighted by atomic mass is 10.2. The van der Waals surface area contributed by atoms with Crippen LogP contribution in [-0.4, -0.2) is 23.0 Å². The molecule has 2 heterocycles. The van der Waals surface area contributed by atoms with Crippen LogP contribution in [0.1, 0.15) is 18.9 Å². The first-order valence-corrected chi connectivity index (χ1v) is 9.41. The van der Waals surface area contributed by atoms with Gasteiger partial charge in [0.15, 0.2) is 0 Å². The Morgan fingerprint density at radius 3 is 2.76 bits per heavy atom. The van der Waals surface area contributed by atoms with Crippen LogP contribution in [-0.2, 0) is 6.54 Å². The topological polar surface area (TPSA) is 39.7 Å². The predicted octanol–water partition coefficient (Wildman–Crippen LogP) is 3.95. The van der Waals surface area contributed by atoms with Crippen LogP contribution in [0.25, 0.3) is 0 Å². The molecule has 0 aromatic heterocycles. The van der Waals surface area contributed by atoms with E-state index in [2.05, 4.69) is 59.2 Å². The highest BCUT2D eigenvalue weighted by Crippen LogP contribution is 2.27. The molecule has 5 heteroatoms. The molecule has 0 atom stereocenters. The Morgan fingerprint density at radius 1 is 1.28 bits per heavy atom. The Morgan fingerprint density at radius 2 is 2.08 bits per heavy atom. The molecule has 0 radical (unpaired) electrons. The van der Waals surface area contributed by atoms with Gasteiger partial charge in [0, 0.05) is 29.4 Å². The van der Waals surface area contributed by atoms with Crippen molar-refractivity contribution in [3.63, 3.8) is 0 Å². The number of benzene rings is 1. The van der Waals surface area contributed by atoms with Crippen molar-refractivity contribution in [1.29, 1.82) is 0 Å². The molecule has 2 aliphatic heterocycles. The molecule has 0 saturated heterocycles. The minimum Gasteiger partial charge on any atom is -0.343 e. The second-order valence-corrected chi connectivity index (χ2v) is 7.16. The minimum atomic E-state index is 0.727.